The van der Waals surface area contributed by atoms with Gasteiger partial charge < -0.3 is 0 Å². The van der Waals surface area contributed by atoms with Gasteiger partial charge in [-0.2, -0.15) is 0 Å². The molecule has 0 saturated carbocycles. The maximum Gasteiger partial charge on any atom is 0.0667 e. The molecule has 0 aliphatic carbocycles. The van der Waals surface area contributed by atoms with E-state index < -0.39 is 0 Å². The highest BCUT2D eigenvalue weighted by Crippen LogP contribution is 2.28. The fourth-order valence-corrected chi connectivity index (χ4v) is 1.69. The number of hydrogen-bond acceptors (Lipinski definition) is 3. The predicted octanol–water partition coefficient (Wildman–Crippen LogP) is 4.38. The summed E-state index contributed by atoms with van der Waals surface area (Å²) in [6.07, 6.45) is 3.43. The minimum Gasteiger partial charge on any atom is -0.263 e. The Morgan fingerprint density at radius 2 is 1.88 bits per heavy atom. The Morgan fingerprint density at radius 3 is 2.47 bits per heavy atom. The van der Waals surface area contributed by atoms with Crippen LogP contribution in [0.2, 0.25) is 5.02 Å². The van der Waals surface area contributed by atoms with Gasteiger partial charge in [0, 0.05) is 18.0 Å². The van der Waals surface area contributed by atoms with Crippen molar-refractivity contribution in [3.63, 3.8) is 0 Å². The Morgan fingerprint density at radius 1 is 1.24 bits per heavy atom. The number of thiocarbonyl (C=S) groups is 1. The largest absolute Gasteiger partial charge is 0.263 e. The second-order valence-electron chi connectivity index (χ2n) is 3.27. The molecule has 0 atom stereocenters. The van der Waals surface area contributed by atoms with Crippen LogP contribution in [0.3, 0.4) is 0 Å². The first kappa shape index (κ1) is 13.5. The van der Waals surface area contributed by atoms with Crippen LogP contribution in [0.4, 0.5) is 0 Å². The SMILES string of the molecule is Cc1ccccc1-c1ccncc1Cl.N=C=S. The highest BCUT2D eigenvalue weighted by Gasteiger charge is 2.04. The minimum absolute atomic E-state index is 0.696. The summed E-state index contributed by atoms with van der Waals surface area (Å²) in [6, 6.07) is 10.1. The van der Waals surface area contributed by atoms with Crippen LogP contribution in [0, 0.1) is 12.3 Å². The van der Waals surface area contributed by atoms with Gasteiger partial charge in [-0.25, -0.2) is 5.41 Å². The molecule has 2 aromatic rings. The summed E-state index contributed by atoms with van der Waals surface area (Å²) in [4.78, 5) is 3.97. The van der Waals surface area contributed by atoms with Crippen LogP contribution in [0.15, 0.2) is 42.7 Å². The lowest BCUT2D eigenvalue weighted by Gasteiger charge is -2.06. The molecule has 0 fully saturated rings. The van der Waals surface area contributed by atoms with E-state index in [9.17, 15) is 0 Å². The molecule has 0 spiro atoms. The Kier molecular flexibility index (Phi) is 5.50. The van der Waals surface area contributed by atoms with E-state index in [1.165, 1.54) is 11.1 Å². The first-order chi connectivity index (χ1) is 8.20. The van der Waals surface area contributed by atoms with Gasteiger partial charge in [-0.3, -0.25) is 4.98 Å². The Hall–Kier alpha value is -1.54. The van der Waals surface area contributed by atoms with Crippen LogP contribution in [0.1, 0.15) is 5.56 Å². The van der Waals surface area contributed by atoms with E-state index in [0.29, 0.717) is 5.02 Å². The predicted molar refractivity (Wildman–Crippen MR) is 74.7 cm³/mol. The van der Waals surface area contributed by atoms with Crippen molar-refractivity contribution in [1.82, 2.24) is 4.98 Å². The molecular formula is C13H11ClN2S. The minimum atomic E-state index is 0.696. The first-order valence-electron chi connectivity index (χ1n) is 4.90. The van der Waals surface area contributed by atoms with Crippen molar-refractivity contribution in [3.05, 3.63) is 53.3 Å². The smallest absolute Gasteiger partial charge is 0.0667 e. The highest BCUT2D eigenvalue weighted by molar-refractivity contribution is 7.78. The van der Waals surface area contributed by atoms with E-state index in [-0.39, 0.29) is 0 Å². The molecule has 0 saturated heterocycles. The molecule has 0 amide bonds. The molecule has 1 aromatic carbocycles. The van der Waals surface area contributed by atoms with Crippen LogP contribution in [0.5, 0.6) is 0 Å². The average Bonchev–Trinajstić information content (AvgIpc) is 2.32. The number of aromatic nitrogens is 1. The van der Waals surface area contributed by atoms with Crippen molar-refractivity contribution >= 4 is 29.0 Å². The molecule has 2 rings (SSSR count). The molecule has 1 heterocycles. The maximum atomic E-state index is 6.07. The molecule has 0 radical (unpaired) electrons. The summed E-state index contributed by atoms with van der Waals surface area (Å²) in [5.41, 5.74) is 3.43. The molecule has 0 aliphatic rings. The summed E-state index contributed by atoms with van der Waals surface area (Å²) in [5.74, 6) is 0. The summed E-state index contributed by atoms with van der Waals surface area (Å²) in [5, 5.41) is 8.05. The Bertz CT molecular complexity index is 491. The van der Waals surface area contributed by atoms with Gasteiger partial charge >= 0.3 is 0 Å². The summed E-state index contributed by atoms with van der Waals surface area (Å²) >= 11 is 9.88. The molecule has 4 heteroatoms. The second kappa shape index (κ2) is 6.92. The quantitative estimate of drug-likeness (QED) is 0.612. The third-order valence-electron chi connectivity index (χ3n) is 2.21. The van der Waals surface area contributed by atoms with Crippen molar-refractivity contribution in [2.24, 2.45) is 0 Å². The number of isothiocyanates is 1. The fourth-order valence-electron chi connectivity index (χ4n) is 1.47. The lowest BCUT2D eigenvalue weighted by Crippen LogP contribution is -1.84. The maximum absolute atomic E-state index is 6.07. The third kappa shape index (κ3) is 3.75. The number of nitrogens with one attached hydrogen (secondary N) is 1. The zero-order chi connectivity index (χ0) is 12.7. The van der Waals surface area contributed by atoms with E-state index in [2.05, 4.69) is 36.3 Å². The topological polar surface area (TPSA) is 36.7 Å². The molecule has 0 bridgehead atoms. The monoisotopic (exact) mass is 262 g/mol. The van der Waals surface area contributed by atoms with Gasteiger partial charge in [-0.15, -0.1) is 0 Å². The standard InChI is InChI=1S/C12H10ClN.CHNS/c1-9-4-2-3-5-10(9)11-6-7-14-8-12(11)13;2-1-3/h2-8H,1H3;2H. The lowest BCUT2D eigenvalue weighted by molar-refractivity contribution is 1.32. The average molecular weight is 263 g/mol. The van der Waals surface area contributed by atoms with Crippen LogP contribution >= 0.6 is 23.8 Å². The number of benzene rings is 1. The van der Waals surface area contributed by atoms with Crippen molar-refractivity contribution < 1.29 is 0 Å². The van der Waals surface area contributed by atoms with Gasteiger partial charge in [0.1, 0.15) is 0 Å². The Balaban J connectivity index is 0.000000437. The lowest BCUT2D eigenvalue weighted by atomic mass is 10.0. The van der Waals surface area contributed by atoms with Gasteiger partial charge in [0.05, 0.1) is 10.2 Å². The second-order valence-corrected chi connectivity index (χ2v) is 3.88. The Labute approximate surface area is 111 Å². The number of pyridine rings is 1. The normalized spacial score (nSPS) is 8.82. The van der Waals surface area contributed by atoms with Gasteiger partial charge in [0.2, 0.25) is 0 Å². The molecule has 17 heavy (non-hydrogen) atoms. The number of rotatable bonds is 1. The number of aryl methyl sites for hydroxylation is 1. The molecule has 0 unspecified atom stereocenters. The highest BCUT2D eigenvalue weighted by atomic mass is 35.5. The van der Waals surface area contributed by atoms with E-state index >= 15 is 0 Å². The number of nitrogens with zero attached hydrogens (tertiary/aromatic N) is 1. The summed E-state index contributed by atoms with van der Waals surface area (Å²) < 4.78 is 0. The van der Waals surface area contributed by atoms with Gasteiger partial charge in [-0.1, -0.05) is 35.9 Å². The van der Waals surface area contributed by atoms with Crippen LogP contribution in [-0.4, -0.2) is 10.1 Å². The molecule has 86 valence electrons. The van der Waals surface area contributed by atoms with Gasteiger partial charge in [0.25, 0.3) is 0 Å². The van der Waals surface area contributed by atoms with Crippen molar-refractivity contribution in [3.8, 4) is 11.1 Å². The van der Waals surface area contributed by atoms with Crippen LogP contribution < -0.4 is 0 Å². The summed E-state index contributed by atoms with van der Waals surface area (Å²) in [7, 11) is 0. The van der Waals surface area contributed by atoms with Crippen LogP contribution in [0.25, 0.3) is 11.1 Å². The van der Waals surface area contributed by atoms with Gasteiger partial charge in [-0.05, 0) is 36.3 Å². The fraction of sp³-hybridized carbons (Fsp3) is 0.0769. The zero-order valence-corrected chi connectivity index (χ0v) is 10.8. The number of hydrogen-bond donors (Lipinski definition) is 1. The zero-order valence-electron chi connectivity index (χ0n) is 9.27. The van der Waals surface area contributed by atoms with E-state index in [0.717, 1.165) is 5.56 Å². The van der Waals surface area contributed by atoms with Crippen LogP contribution in [-0.2, 0) is 0 Å². The third-order valence-corrected chi connectivity index (χ3v) is 2.51. The van der Waals surface area contributed by atoms with Crippen molar-refractivity contribution in [2.75, 3.05) is 0 Å². The molecule has 2 nitrogen and oxygen atoms in total. The van der Waals surface area contributed by atoms with E-state index in [4.69, 9.17) is 17.0 Å². The summed E-state index contributed by atoms with van der Waals surface area (Å²) in [6.45, 7) is 2.08. The first-order valence-corrected chi connectivity index (χ1v) is 5.68. The van der Waals surface area contributed by atoms with Crippen molar-refractivity contribution in [1.29, 1.82) is 5.41 Å². The van der Waals surface area contributed by atoms with E-state index in [1.807, 2.05) is 18.2 Å². The van der Waals surface area contributed by atoms with E-state index in [1.54, 1.807) is 17.6 Å². The molecule has 0 aliphatic heterocycles. The molecular weight excluding hydrogens is 252 g/mol. The van der Waals surface area contributed by atoms with Gasteiger partial charge in [0.15, 0.2) is 0 Å². The number of halogens is 1. The van der Waals surface area contributed by atoms with Crippen molar-refractivity contribution in [2.45, 2.75) is 6.92 Å². The molecule has 1 N–H and O–H groups in total. The molecule has 1 aromatic heterocycles.